The molecule has 1 aromatic heterocycles. The Hall–Kier alpha value is -1.60. The van der Waals surface area contributed by atoms with Crippen LogP contribution in [0.4, 0.5) is 11.5 Å². The van der Waals surface area contributed by atoms with E-state index in [0.29, 0.717) is 10.2 Å². The van der Waals surface area contributed by atoms with Gasteiger partial charge >= 0.3 is 0 Å². The Bertz CT molecular complexity index is 737. The van der Waals surface area contributed by atoms with Crippen molar-refractivity contribution in [2.24, 2.45) is 0 Å². The molecule has 0 unspecified atom stereocenters. The van der Waals surface area contributed by atoms with Crippen LogP contribution in [0, 0.1) is 13.8 Å². The fourth-order valence-corrected chi connectivity index (χ4v) is 3.91. The molecule has 2 aromatic rings. The number of aryl methyl sites for hydroxylation is 2. The van der Waals surface area contributed by atoms with Crippen molar-refractivity contribution in [1.82, 2.24) is 4.98 Å². The smallest absolute Gasteiger partial charge is 0.262 e. The molecular formula is C13H14BrN3O2S. The van der Waals surface area contributed by atoms with Gasteiger partial charge in [-0.3, -0.25) is 4.72 Å². The molecule has 106 valence electrons. The number of benzene rings is 1. The minimum atomic E-state index is -3.69. The number of nitrogens with two attached hydrogens (primary N) is 1. The maximum absolute atomic E-state index is 12.3. The van der Waals surface area contributed by atoms with Gasteiger partial charge in [-0.25, -0.2) is 13.4 Å². The number of hydrogen-bond acceptors (Lipinski definition) is 4. The summed E-state index contributed by atoms with van der Waals surface area (Å²) >= 11 is 3.37. The topological polar surface area (TPSA) is 85.1 Å². The van der Waals surface area contributed by atoms with Gasteiger partial charge in [0.15, 0.2) is 0 Å². The van der Waals surface area contributed by atoms with E-state index >= 15 is 0 Å². The van der Waals surface area contributed by atoms with E-state index in [4.69, 9.17) is 5.73 Å². The van der Waals surface area contributed by atoms with Gasteiger partial charge in [-0.15, -0.1) is 0 Å². The fourth-order valence-electron chi connectivity index (χ4n) is 1.83. The Morgan fingerprint density at radius 2 is 1.95 bits per heavy atom. The van der Waals surface area contributed by atoms with Crippen LogP contribution in [-0.4, -0.2) is 13.4 Å². The maximum Gasteiger partial charge on any atom is 0.262 e. The Balaban J connectivity index is 2.44. The van der Waals surface area contributed by atoms with Gasteiger partial charge in [0.05, 0.1) is 10.6 Å². The molecule has 0 atom stereocenters. The zero-order chi connectivity index (χ0) is 14.9. The number of nitrogens with one attached hydrogen (secondary N) is 1. The van der Waals surface area contributed by atoms with Gasteiger partial charge in [-0.2, -0.15) is 0 Å². The van der Waals surface area contributed by atoms with Crippen molar-refractivity contribution in [2.45, 2.75) is 18.7 Å². The molecule has 5 nitrogen and oxygen atoms in total. The van der Waals surface area contributed by atoms with Gasteiger partial charge in [-0.05, 0) is 53.0 Å². The van der Waals surface area contributed by atoms with Crippen molar-refractivity contribution in [2.75, 3.05) is 10.5 Å². The van der Waals surface area contributed by atoms with Crippen LogP contribution in [0.5, 0.6) is 0 Å². The van der Waals surface area contributed by atoms with Crippen molar-refractivity contribution in [1.29, 1.82) is 0 Å². The molecule has 0 fully saturated rings. The molecule has 2 rings (SSSR count). The first-order chi connectivity index (χ1) is 9.29. The number of nitrogen functional groups attached to an aromatic ring is 1. The molecule has 0 amide bonds. The first-order valence-electron chi connectivity index (χ1n) is 5.81. The largest absolute Gasteiger partial charge is 0.384 e. The summed E-state index contributed by atoms with van der Waals surface area (Å²) in [5.41, 5.74) is 7.92. The Morgan fingerprint density at radius 1 is 1.25 bits per heavy atom. The van der Waals surface area contributed by atoms with Gasteiger partial charge in [0.2, 0.25) is 0 Å². The van der Waals surface area contributed by atoms with Crippen molar-refractivity contribution in [3.8, 4) is 0 Å². The molecule has 0 spiro atoms. The lowest BCUT2D eigenvalue weighted by Crippen LogP contribution is -2.14. The highest BCUT2D eigenvalue weighted by Gasteiger charge is 2.17. The fraction of sp³-hybridized carbons (Fsp3) is 0.154. The standard InChI is InChI=1S/C13H14BrN3O2S/c1-8-5-9(2)13(11(14)6-8)17-20(18,19)10-3-4-16-12(15)7-10/h3-7,17H,1-2H3,(H2,15,16). The summed E-state index contributed by atoms with van der Waals surface area (Å²) in [5, 5.41) is 0. The predicted molar refractivity (Wildman–Crippen MR) is 83.1 cm³/mol. The number of halogens is 1. The SMILES string of the molecule is Cc1cc(C)c(NS(=O)(=O)c2ccnc(N)c2)c(Br)c1. The van der Waals surface area contributed by atoms with Crippen molar-refractivity contribution in [3.63, 3.8) is 0 Å². The van der Waals surface area contributed by atoms with E-state index in [-0.39, 0.29) is 10.7 Å². The molecule has 7 heteroatoms. The molecule has 0 saturated carbocycles. The molecule has 0 aliphatic rings. The van der Waals surface area contributed by atoms with Gasteiger partial charge in [-0.1, -0.05) is 6.07 Å². The van der Waals surface area contributed by atoms with Gasteiger partial charge in [0, 0.05) is 16.7 Å². The molecule has 1 aromatic carbocycles. The lowest BCUT2D eigenvalue weighted by Gasteiger charge is -2.13. The Labute approximate surface area is 126 Å². The summed E-state index contributed by atoms with van der Waals surface area (Å²) in [6.45, 7) is 3.79. The molecule has 0 saturated heterocycles. The molecule has 0 radical (unpaired) electrons. The zero-order valence-corrected chi connectivity index (χ0v) is 13.4. The monoisotopic (exact) mass is 355 g/mol. The van der Waals surface area contributed by atoms with E-state index in [9.17, 15) is 8.42 Å². The highest BCUT2D eigenvalue weighted by Crippen LogP contribution is 2.30. The Kier molecular flexibility index (Phi) is 4.01. The van der Waals surface area contributed by atoms with E-state index in [0.717, 1.165) is 11.1 Å². The highest BCUT2D eigenvalue weighted by molar-refractivity contribution is 9.10. The second kappa shape index (κ2) is 5.41. The minimum absolute atomic E-state index is 0.0804. The van der Waals surface area contributed by atoms with Crippen LogP contribution in [0.3, 0.4) is 0 Å². The average Bonchev–Trinajstić information content (AvgIpc) is 2.34. The molecule has 1 heterocycles. The number of anilines is 2. The third-order valence-corrected chi connectivity index (χ3v) is 4.70. The quantitative estimate of drug-likeness (QED) is 0.886. The predicted octanol–water partition coefficient (Wildman–Crippen LogP) is 2.84. The lowest BCUT2D eigenvalue weighted by atomic mass is 10.1. The zero-order valence-electron chi connectivity index (χ0n) is 11.0. The minimum Gasteiger partial charge on any atom is -0.384 e. The van der Waals surface area contributed by atoms with E-state index < -0.39 is 10.0 Å². The molecule has 3 N–H and O–H groups in total. The normalized spacial score (nSPS) is 11.3. The first-order valence-corrected chi connectivity index (χ1v) is 8.08. The molecule has 0 bridgehead atoms. The van der Waals surface area contributed by atoms with Crippen LogP contribution < -0.4 is 10.5 Å². The number of sulfonamides is 1. The molecular weight excluding hydrogens is 342 g/mol. The number of nitrogens with zero attached hydrogens (tertiary/aromatic N) is 1. The highest BCUT2D eigenvalue weighted by atomic mass is 79.9. The van der Waals surface area contributed by atoms with Gasteiger partial charge in [0.1, 0.15) is 5.82 Å². The van der Waals surface area contributed by atoms with E-state index in [1.54, 1.807) is 0 Å². The summed E-state index contributed by atoms with van der Waals surface area (Å²) in [6, 6.07) is 6.48. The molecule has 0 aliphatic heterocycles. The molecule has 20 heavy (non-hydrogen) atoms. The average molecular weight is 356 g/mol. The number of pyridine rings is 1. The first kappa shape index (κ1) is 14.8. The number of rotatable bonds is 3. The van der Waals surface area contributed by atoms with Crippen LogP contribution in [0.1, 0.15) is 11.1 Å². The summed E-state index contributed by atoms with van der Waals surface area (Å²) in [4.78, 5) is 3.86. The van der Waals surface area contributed by atoms with E-state index in [1.807, 2.05) is 26.0 Å². The summed E-state index contributed by atoms with van der Waals surface area (Å²) in [5.74, 6) is 0.160. The van der Waals surface area contributed by atoms with Crippen LogP contribution >= 0.6 is 15.9 Å². The van der Waals surface area contributed by atoms with Crippen molar-refractivity contribution in [3.05, 3.63) is 46.1 Å². The summed E-state index contributed by atoms with van der Waals surface area (Å²) in [6.07, 6.45) is 1.36. The third kappa shape index (κ3) is 3.10. The van der Waals surface area contributed by atoms with Crippen LogP contribution in [-0.2, 0) is 10.0 Å². The summed E-state index contributed by atoms with van der Waals surface area (Å²) in [7, 11) is -3.69. The Morgan fingerprint density at radius 3 is 2.55 bits per heavy atom. The van der Waals surface area contributed by atoms with Crippen LogP contribution in [0.2, 0.25) is 0 Å². The van der Waals surface area contributed by atoms with Gasteiger partial charge in [0.25, 0.3) is 10.0 Å². The summed E-state index contributed by atoms with van der Waals surface area (Å²) < 4.78 is 27.9. The third-order valence-electron chi connectivity index (χ3n) is 2.73. The van der Waals surface area contributed by atoms with Crippen molar-refractivity contribution >= 4 is 37.5 Å². The van der Waals surface area contributed by atoms with Crippen molar-refractivity contribution < 1.29 is 8.42 Å². The second-order valence-electron chi connectivity index (χ2n) is 4.46. The second-order valence-corrected chi connectivity index (χ2v) is 7.00. The molecule has 0 aliphatic carbocycles. The lowest BCUT2D eigenvalue weighted by molar-refractivity contribution is 0.601. The van der Waals surface area contributed by atoms with Crippen LogP contribution in [0.15, 0.2) is 39.8 Å². The number of hydrogen-bond donors (Lipinski definition) is 2. The maximum atomic E-state index is 12.3. The van der Waals surface area contributed by atoms with Gasteiger partial charge < -0.3 is 5.73 Å². The number of aromatic nitrogens is 1. The van der Waals surface area contributed by atoms with E-state index in [2.05, 4.69) is 25.6 Å². The van der Waals surface area contributed by atoms with Crippen LogP contribution in [0.25, 0.3) is 0 Å². The van der Waals surface area contributed by atoms with E-state index in [1.165, 1.54) is 18.3 Å².